The summed E-state index contributed by atoms with van der Waals surface area (Å²) in [5, 5.41) is 6.24. The van der Waals surface area contributed by atoms with Crippen LogP contribution in [0.5, 0.6) is 5.88 Å². The highest BCUT2D eigenvalue weighted by Crippen LogP contribution is 2.18. The summed E-state index contributed by atoms with van der Waals surface area (Å²) in [6.45, 7) is 5.50. The van der Waals surface area contributed by atoms with Crippen molar-refractivity contribution in [3.8, 4) is 5.88 Å². The summed E-state index contributed by atoms with van der Waals surface area (Å²) in [4.78, 5) is 11.6. The summed E-state index contributed by atoms with van der Waals surface area (Å²) in [6.07, 6.45) is -0.562. The van der Waals surface area contributed by atoms with Crippen LogP contribution in [0.3, 0.4) is 0 Å². The van der Waals surface area contributed by atoms with Crippen molar-refractivity contribution < 1.29 is 18.8 Å². The number of methoxy groups -OCH3 is 1. The zero-order chi connectivity index (χ0) is 13.8. The summed E-state index contributed by atoms with van der Waals surface area (Å²) >= 11 is 0. The number of nitrogens with two attached hydrogens (primary N) is 1. The van der Waals surface area contributed by atoms with Crippen LogP contribution in [0.25, 0.3) is 0 Å². The number of aromatic nitrogens is 1. The van der Waals surface area contributed by atoms with Gasteiger partial charge in [-0.25, -0.2) is 4.79 Å². The van der Waals surface area contributed by atoms with Gasteiger partial charge < -0.3 is 25.0 Å². The first kappa shape index (κ1) is 14.3. The standard InChI is InChI=1S/C11H19N3O4/c1-11(2,3)17-10(15)13-7(6-12)8-5-9(16-4)14-18-8/h5,7H,6,12H2,1-4H3,(H,13,15). The van der Waals surface area contributed by atoms with Gasteiger partial charge in [0.05, 0.1) is 7.11 Å². The fourth-order valence-corrected chi connectivity index (χ4v) is 1.23. The molecule has 1 unspecified atom stereocenters. The highest BCUT2D eigenvalue weighted by Gasteiger charge is 2.22. The van der Waals surface area contributed by atoms with Crippen LogP contribution in [-0.4, -0.2) is 30.5 Å². The predicted molar refractivity (Wildman–Crippen MR) is 64.2 cm³/mol. The lowest BCUT2D eigenvalue weighted by molar-refractivity contribution is 0.0497. The lowest BCUT2D eigenvalue weighted by Crippen LogP contribution is -2.37. The highest BCUT2D eigenvalue weighted by molar-refractivity contribution is 5.68. The number of amides is 1. The quantitative estimate of drug-likeness (QED) is 0.841. The highest BCUT2D eigenvalue weighted by atomic mass is 16.6. The second-order valence-electron chi connectivity index (χ2n) is 4.71. The third-order valence-corrected chi connectivity index (χ3v) is 1.99. The molecule has 1 atom stereocenters. The predicted octanol–water partition coefficient (Wildman–Crippen LogP) is 1.21. The van der Waals surface area contributed by atoms with Gasteiger partial charge in [0.2, 0.25) is 0 Å². The molecule has 18 heavy (non-hydrogen) atoms. The number of alkyl carbamates (subject to hydrolysis) is 1. The summed E-state index contributed by atoms with van der Waals surface area (Å²) in [5.74, 6) is 0.745. The minimum atomic E-state index is -0.567. The zero-order valence-corrected chi connectivity index (χ0v) is 11.0. The Balaban J connectivity index is 2.64. The minimum absolute atomic E-state index is 0.164. The van der Waals surface area contributed by atoms with Gasteiger partial charge in [-0.1, -0.05) is 0 Å². The molecule has 7 heteroatoms. The number of nitrogens with zero attached hydrogens (tertiary/aromatic N) is 1. The van der Waals surface area contributed by atoms with Crippen molar-refractivity contribution in [2.24, 2.45) is 5.73 Å². The first-order valence-electron chi connectivity index (χ1n) is 5.56. The Bertz CT molecular complexity index is 397. The largest absolute Gasteiger partial charge is 0.479 e. The fourth-order valence-electron chi connectivity index (χ4n) is 1.23. The SMILES string of the molecule is COc1cc(C(CN)NC(=O)OC(C)(C)C)on1. The molecule has 7 nitrogen and oxygen atoms in total. The Labute approximate surface area is 106 Å². The van der Waals surface area contributed by atoms with E-state index >= 15 is 0 Å². The van der Waals surface area contributed by atoms with E-state index in [0.29, 0.717) is 11.6 Å². The number of carbonyl (C=O) groups is 1. The Kier molecular flexibility index (Phi) is 4.55. The van der Waals surface area contributed by atoms with E-state index in [1.165, 1.54) is 7.11 Å². The van der Waals surface area contributed by atoms with E-state index in [2.05, 4.69) is 10.5 Å². The molecule has 0 aliphatic heterocycles. The average Bonchev–Trinajstić information content (AvgIpc) is 2.71. The van der Waals surface area contributed by atoms with Crippen LogP contribution in [0.15, 0.2) is 10.6 Å². The van der Waals surface area contributed by atoms with E-state index in [0.717, 1.165) is 0 Å². The van der Waals surface area contributed by atoms with Crippen LogP contribution in [0.1, 0.15) is 32.6 Å². The van der Waals surface area contributed by atoms with Crippen molar-refractivity contribution in [1.29, 1.82) is 0 Å². The van der Waals surface area contributed by atoms with Gasteiger partial charge in [0, 0.05) is 12.6 Å². The molecular weight excluding hydrogens is 238 g/mol. The number of hydrogen-bond donors (Lipinski definition) is 2. The molecule has 0 aliphatic carbocycles. The van der Waals surface area contributed by atoms with Gasteiger partial charge in [-0.05, 0) is 25.9 Å². The van der Waals surface area contributed by atoms with Crippen molar-refractivity contribution in [3.63, 3.8) is 0 Å². The normalized spacial score (nSPS) is 12.9. The maximum Gasteiger partial charge on any atom is 0.408 e. The topological polar surface area (TPSA) is 99.6 Å². The summed E-state index contributed by atoms with van der Waals surface area (Å²) in [5.41, 5.74) is 5.00. The van der Waals surface area contributed by atoms with E-state index in [1.54, 1.807) is 26.8 Å². The third kappa shape index (κ3) is 4.25. The monoisotopic (exact) mass is 257 g/mol. The number of nitrogens with one attached hydrogen (secondary N) is 1. The smallest absolute Gasteiger partial charge is 0.408 e. The number of hydrogen-bond acceptors (Lipinski definition) is 6. The second-order valence-corrected chi connectivity index (χ2v) is 4.71. The molecule has 0 aliphatic rings. The van der Waals surface area contributed by atoms with Crippen LogP contribution in [0.4, 0.5) is 4.79 Å². The number of rotatable bonds is 4. The van der Waals surface area contributed by atoms with Crippen molar-refractivity contribution in [2.45, 2.75) is 32.4 Å². The summed E-state index contributed by atoms with van der Waals surface area (Å²) in [7, 11) is 1.47. The van der Waals surface area contributed by atoms with Gasteiger partial charge in [0.25, 0.3) is 5.88 Å². The number of carbonyl (C=O) groups excluding carboxylic acids is 1. The molecule has 0 radical (unpaired) electrons. The van der Waals surface area contributed by atoms with E-state index < -0.39 is 17.7 Å². The van der Waals surface area contributed by atoms with Gasteiger partial charge in [-0.2, -0.15) is 0 Å². The lowest BCUT2D eigenvalue weighted by Gasteiger charge is -2.21. The molecule has 3 N–H and O–H groups in total. The van der Waals surface area contributed by atoms with Crippen molar-refractivity contribution >= 4 is 6.09 Å². The van der Waals surface area contributed by atoms with E-state index in [9.17, 15) is 4.79 Å². The fraction of sp³-hybridized carbons (Fsp3) is 0.636. The molecule has 0 spiro atoms. The summed E-state index contributed by atoms with van der Waals surface area (Å²) in [6, 6.07) is 1.06. The Hall–Kier alpha value is -1.76. The molecule has 1 heterocycles. The maximum atomic E-state index is 11.6. The van der Waals surface area contributed by atoms with E-state index in [1.807, 2.05) is 0 Å². The van der Waals surface area contributed by atoms with Crippen LogP contribution in [0, 0.1) is 0 Å². The second kappa shape index (κ2) is 5.72. The Morgan fingerprint density at radius 3 is 2.72 bits per heavy atom. The molecule has 1 aromatic heterocycles. The molecule has 0 saturated heterocycles. The molecule has 1 amide bonds. The first-order valence-corrected chi connectivity index (χ1v) is 5.56. The van der Waals surface area contributed by atoms with Crippen molar-refractivity contribution in [3.05, 3.63) is 11.8 Å². The van der Waals surface area contributed by atoms with Crippen molar-refractivity contribution in [1.82, 2.24) is 10.5 Å². The minimum Gasteiger partial charge on any atom is -0.479 e. The van der Waals surface area contributed by atoms with E-state index in [4.69, 9.17) is 19.7 Å². The average molecular weight is 257 g/mol. The van der Waals surface area contributed by atoms with Crippen LogP contribution in [-0.2, 0) is 4.74 Å². The molecule has 0 bridgehead atoms. The van der Waals surface area contributed by atoms with Crippen LogP contribution < -0.4 is 15.8 Å². The van der Waals surface area contributed by atoms with Gasteiger partial charge in [-0.15, -0.1) is 0 Å². The molecule has 102 valence electrons. The Morgan fingerprint density at radius 2 is 2.28 bits per heavy atom. The molecule has 0 fully saturated rings. The van der Waals surface area contributed by atoms with Gasteiger partial charge in [0.15, 0.2) is 5.76 Å². The van der Waals surface area contributed by atoms with Gasteiger partial charge >= 0.3 is 6.09 Å². The number of ether oxygens (including phenoxy) is 2. The molecule has 1 aromatic rings. The maximum absolute atomic E-state index is 11.6. The lowest BCUT2D eigenvalue weighted by atomic mass is 10.2. The Morgan fingerprint density at radius 1 is 1.61 bits per heavy atom. The van der Waals surface area contributed by atoms with Gasteiger partial charge in [0.1, 0.15) is 11.6 Å². The molecule has 0 aromatic carbocycles. The van der Waals surface area contributed by atoms with Crippen LogP contribution >= 0.6 is 0 Å². The zero-order valence-electron chi connectivity index (χ0n) is 11.0. The van der Waals surface area contributed by atoms with E-state index in [-0.39, 0.29) is 6.54 Å². The first-order chi connectivity index (χ1) is 8.35. The molecular formula is C11H19N3O4. The third-order valence-electron chi connectivity index (χ3n) is 1.99. The van der Waals surface area contributed by atoms with Crippen molar-refractivity contribution in [2.75, 3.05) is 13.7 Å². The molecule has 0 saturated carbocycles. The van der Waals surface area contributed by atoms with Gasteiger partial charge in [-0.3, -0.25) is 0 Å². The molecule has 1 rings (SSSR count). The summed E-state index contributed by atoms with van der Waals surface area (Å²) < 4.78 is 15.0. The van der Waals surface area contributed by atoms with Crippen LogP contribution in [0.2, 0.25) is 0 Å².